The Hall–Kier alpha value is -0.340. The molecule has 0 aromatic carbocycles. The van der Waals surface area contributed by atoms with Gasteiger partial charge in [-0.2, -0.15) is 17.5 Å². The fraction of sp³-hybridized carbons (Fsp3) is 1.00. The highest BCUT2D eigenvalue weighted by Crippen LogP contribution is 2.29. The van der Waals surface area contributed by atoms with Crippen molar-refractivity contribution in [1.29, 1.82) is 0 Å². The molecule has 0 bridgehead atoms. The Kier molecular flexibility index (Phi) is 2.09. The van der Waals surface area contributed by atoms with Gasteiger partial charge in [0.1, 0.15) is 0 Å². The molecule has 0 unspecified atom stereocenters. The summed E-state index contributed by atoms with van der Waals surface area (Å²) < 4.78 is 56.7. The van der Waals surface area contributed by atoms with Crippen molar-refractivity contribution < 1.29 is 21.6 Å². The number of hydrogen-bond donors (Lipinski definition) is 1. The number of hydrogen-bond acceptors (Lipinski definition) is 3. The van der Waals surface area contributed by atoms with Gasteiger partial charge in [-0.3, -0.25) is 0 Å². The van der Waals surface area contributed by atoms with Crippen LogP contribution in [-0.4, -0.2) is 37.4 Å². The van der Waals surface area contributed by atoms with E-state index in [9.17, 15) is 21.6 Å². The number of nitrogens with two attached hydrogens (primary N) is 1. The van der Waals surface area contributed by atoms with Gasteiger partial charge in [-0.05, 0) is 0 Å². The zero-order chi connectivity index (χ0) is 9.57. The van der Waals surface area contributed by atoms with E-state index in [1.165, 1.54) is 0 Å². The first-order valence-corrected chi connectivity index (χ1v) is 4.51. The topological polar surface area (TPSA) is 63.4 Å². The Morgan fingerprint density at radius 2 is 1.75 bits per heavy atom. The van der Waals surface area contributed by atoms with Crippen LogP contribution in [0.25, 0.3) is 0 Å². The van der Waals surface area contributed by atoms with Gasteiger partial charge in [0.15, 0.2) is 0 Å². The Labute approximate surface area is 67.2 Å². The van der Waals surface area contributed by atoms with E-state index in [-0.39, 0.29) is 13.1 Å². The first kappa shape index (κ1) is 9.75. The van der Waals surface area contributed by atoms with E-state index in [0.29, 0.717) is 4.31 Å². The molecule has 1 rings (SSSR count). The quantitative estimate of drug-likeness (QED) is 0.625. The molecule has 1 saturated heterocycles. The zero-order valence-corrected chi connectivity index (χ0v) is 6.69. The van der Waals surface area contributed by atoms with E-state index in [1.54, 1.807) is 0 Å². The number of sulfonamides is 1. The highest BCUT2D eigenvalue weighted by molar-refractivity contribution is 7.90. The third kappa shape index (κ3) is 1.41. The molecule has 1 fully saturated rings. The van der Waals surface area contributed by atoms with Gasteiger partial charge in [0.2, 0.25) is 0 Å². The van der Waals surface area contributed by atoms with Crippen molar-refractivity contribution in [3.63, 3.8) is 0 Å². The van der Waals surface area contributed by atoms with Crippen LogP contribution in [0.15, 0.2) is 0 Å². The fourth-order valence-corrected chi connectivity index (χ4v) is 1.88. The van der Waals surface area contributed by atoms with E-state index in [1.807, 2.05) is 0 Å². The van der Waals surface area contributed by atoms with Crippen molar-refractivity contribution in [1.82, 2.24) is 4.31 Å². The number of rotatable bonds is 1. The van der Waals surface area contributed by atoms with Crippen LogP contribution in [0.2, 0.25) is 0 Å². The molecule has 0 amide bonds. The Balaban J connectivity index is 2.75. The van der Waals surface area contributed by atoms with Crippen LogP contribution in [0.1, 0.15) is 0 Å². The summed E-state index contributed by atoms with van der Waals surface area (Å²) in [5.41, 5.74) is -0.0659. The largest absolute Gasteiger partial charge is 0.511 e. The molecule has 0 aromatic heterocycles. The summed E-state index contributed by atoms with van der Waals surface area (Å²) in [5, 5.41) is 0. The van der Waals surface area contributed by atoms with Crippen LogP contribution in [-0.2, 0) is 10.0 Å². The highest BCUT2D eigenvalue weighted by Gasteiger charge is 2.52. The molecule has 0 saturated carbocycles. The highest BCUT2D eigenvalue weighted by atomic mass is 32.2. The molecular weight excluding hydrogens is 197 g/mol. The minimum Gasteiger partial charge on any atom is -0.325 e. The molecule has 1 aliphatic rings. The second kappa shape index (κ2) is 2.57. The van der Waals surface area contributed by atoms with Crippen molar-refractivity contribution >= 4 is 10.0 Å². The maximum Gasteiger partial charge on any atom is 0.511 e. The molecule has 8 heteroatoms. The minimum absolute atomic E-state index is 0.248. The average Bonchev–Trinajstić information content (AvgIpc) is 1.78. The van der Waals surface area contributed by atoms with E-state index in [4.69, 9.17) is 5.73 Å². The van der Waals surface area contributed by atoms with Crippen molar-refractivity contribution in [3.05, 3.63) is 0 Å². The van der Waals surface area contributed by atoms with Crippen LogP contribution in [0.5, 0.6) is 0 Å². The summed E-state index contributed by atoms with van der Waals surface area (Å²) in [6.07, 6.45) is 0. The second-order valence-electron chi connectivity index (χ2n) is 2.53. The first-order chi connectivity index (χ1) is 5.25. The summed E-state index contributed by atoms with van der Waals surface area (Å²) >= 11 is 0. The lowest BCUT2D eigenvalue weighted by atomic mass is 10.2. The van der Waals surface area contributed by atoms with Gasteiger partial charge in [0, 0.05) is 19.1 Å². The van der Waals surface area contributed by atoms with Crippen LogP contribution in [0.3, 0.4) is 0 Å². The molecule has 4 nitrogen and oxygen atoms in total. The molecule has 0 aliphatic carbocycles. The summed E-state index contributed by atoms with van der Waals surface area (Å²) in [6, 6.07) is -0.470. The Morgan fingerprint density at radius 1 is 1.33 bits per heavy atom. The molecular formula is C4H7F3N2O2S. The van der Waals surface area contributed by atoms with Crippen molar-refractivity contribution in [2.75, 3.05) is 13.1 Å². The lowest BCUT2D eigenvalue weighted by molar-refractivity contribution is -0.0509. The smallest absolute Gasteiger partial charge is 0.325 e. The van der Waals surface area contributed by atoms with E-state index >= 15 is 0 Å². The fourth-order valence-electron chi connectivity index (χ4n) is 0.812. The van der Waals surface area contributed by atoms with Crippen LogP contribution in [0.4, 0.5) is 13.2 Å². The third-order valence-corrected chi connectivity index (χ3v) is 3.07. The lowest BCUT2D eigenvalue weighted by Crippen LogP contribution is -2.60. The number of alkyl halides is 3. The standard InChI is InChI=1S/C4H7F3N2O2S/c5-4(6,7)12(10,11)9-1-3(8)2-9/h3H,1-2,8H2. The summed E-state index contributed by atoms with van der Waals surface area (Å²) in [7, 11) is -5.12. The minimum atomic E-state index is -5.20. The molecule has 1 heterocycles. The van der Waals surface area contributed by atoms with Gasteiger partial charge in [-0.25, -0.2) is 8.42 Å². The predicted octanol–water partition coefficient (Wildman–Crippen LogP) is -0.521. The maximum atomic E-state index is 11.8. The molecule has 0 spiro atoms. The Morgan fingerprint density at radius 3 is 2.00 bits per heavy atom. The molecule has 0 atom stereocenters. The molecule has 72 valence electrons. The van der Waals surface area contributed by atoms with Gasteiger partial charge in [0.25, 0.3) is 0 Å². The zero-order valence-electron chi connectivity index (χ0n) is 5.87. The molecule has 0 radical (unpaired) electrons. The van der Waals surface area contributed by atoms with Crippen molar-refractivity contribution in [2.45, 2.75) is 11.6 Å². The second-order valence-corrected chi connectivity index (χ2v) is 4.46. The monoisotopic (exact) mass is 204 g/mol. The van der Waals surface area contributed by atoms with Crippen LogP contribution >= 0.6 is 0 Å². The van der Waals surface area contributed by atoms with Gasteiger partial charge in [0.05, 0.1) is 0 Å². The lowest BCUT2D eigenvalue weighted by Gasteiger charge is -2.35. The van der Waals surface area contributed by atoms with E-state index in [0.717, 1.165) is 0 Å². The van der Waals surface area contributed by atoms with Crippen molar-refractivity contribution in [2.24, 2.45) is 5.73 Å². The van der Waals surface area contributed by atoms with Gasteiger partial charge in [-0.1, -0.05) is 0 Å². The Bertz CT molecular complexity index is 267. The average molecular weight is 204 g/mol. The summed E-state index contributed by atoms with van der Waals surface area (Å²) in [6.45, 7) is -0.496. The van der Waals surface area contributed by atoms with Crippen molar-refractivity contribution in [3.8, 4) is 0 Å². The number of halogens is 3. The normalized spacial score (nSPS) is 22.3. The molecule has 12 heavy (non-hydrogen) atoms. The van der Waals surface area contributed by atoms with Gasteiger partial charge in [-0.15, -0.1) is 0 Å². The number of nitrogens with zero attached hydrogens (tertiary/aromatic N) is 1. The first-order valence-electron chi connectivity index (χ1n) is 3.07. The van der Waals surface area contributed by atoms with E-state index < -0.39 is 21.6 Å². The van der Waals surface area contributed by atoms with Crippen LogP contribution in [0, 0.1) is 0 Å². The van der Waals surface area contributed by atoms with Crippen LogP contribution < -0.4 is 5.73 Å². The maximum absolute atomic E-state index is 11.8. The van der Waals surface area contributed by atoms with Gasteiger partial charge >= 0.3 is 15.5 Å². The molecule has 2 N–H and O–H groups in total. The summed E-state index contributed by atoms with van der Waals surface area (Å²) in [5.74, 6) is 0. The SMILES string of the molecule is NC1CN(S(=O)(=O)C(F)(F)F)C1. The van der Waals surface area contributed by atoms with E-state index in [2.05, 4.69) is 0 Å². The third-order valence-electron chi connectivity index (χ3n) is 1.51. The molecule has 0 aromatic rings. The van der Waals surface area contributed by atoms with Gasteiger partial charge < -0.3 is 5.73 Å². The summed E-state index contributed by atoms with van der Waals surface area (Å²) in [4.78, 5) is 0. The molecule has 1 aliphatic heterocycles. The predicted molar refractivity (Wildman–Crippen MR) is 34.5 cm³/mol.